The Hall–Kier alpha value is -1.03. The Morgan fingerprint density at radius 1 is 0.644 bits per heavy atom. The Kier molecular flexibility index (Phi) is 18.6. The quantitative estimate of drug-likeness (QED) is 0.0634. The highest BCUT2D eigenvalue weighted by Crippen LogP contribution is 2.34. The molecule has 0 aromatic rings. The van der Waals surface area contributed by atoms with Crippen LogP contribution in [-0.2, 0) is 19.0 Å². The maximum atomic E-state index is 11.7. The molecular formula is C37H66O8. The van der Waals surface area contributed by atoms with Crippen molar-refractivity contribution >= 4 is 5.97 Å². The lowest BCUT2D eigenvalue weighted by atomic mass is 10.00. The van der Waals surface area contributed by atoms with E-state index in [-0.39, 0.29) is 42.6 Å². The van der Waals surface area contributed by atoms with Gasteiger partial charge in [-0.2, -0.15) is 0 Å². The normalized spacial score (nSPS) is 27.8. The van der Waals surface area contributed by atoms with Gasteiger partial charge in [-0.1, -0.05) is 90.4 Å². The molecule has 0 spiro atoms. The first kappa shape index (κ1) is 38.4. The van der Waals surface area contributed by atoms with Gasteiger partial charge in [-0.05, 0) is 70.8 Å². The topological polar surface area (TPSA) is 126 Å². The molecular weight excluding hydrogens is 572 g/mol. The Morgan fingerprint density at radius 2 is 1.09 bits per heavy atom. The van der Waals surface area contributed by atoms with Crippen LogP contribution in [0.1, 0.15) is 162 Å². The molecule has 1 unspecified atom stereocenters. The first-order valence-electron chi connectivity index (χ1n) is 18.7. The van der Waals surface area contributed by atoms with E-state index in [1.54, 1.807) is 0 Å². The second kappa shape index (κ2) is 21.8. The van der Waals surface area contributed by atoms with Gasteiger partial charge in [0.2, 0.25) is 0 Å². The lowest BCUT2D eigenvalue weighted by molar-refractivity contribution is -0.139. The van der Waals surface area contributed by atoms with Crippen molar-refractivity contribution < 1.29 is 39.4 Å². The molecule has 4 N–H and O–H groups in total. The van der Waals surface area contributed by atoms with Crippen LogP contribution in [0.4, 0.5) is 0 Å². The average Bonchev–Trinajstić information content (AvgIpc) is 3.77. The van der Waals surface area contributed by atoms with Crippen LogP contribution in [0.2, 0.25) is 0 Å². The maximum Gasteiger partial charge on any atom is 0.334 e. The fraction of sp³-hybridized carbons (Fsp3) is 0.919. The summed E-state index contributed by atoms with van der Waals surface area (Å²) >= 11 is 0. The van der Waals surface area contributed by atoms with Crippen molar-refractivity contribution in [3.63, 3.8) is 0 Å². The van der Waals surface area contributed by atoms with Crippen molar-refractivity contribution in [1.29, 1.82) is 0 Å². The van der Waals surface area contributed by atoms with E-state index >= 15 is 0 Å². The number of carbonyl (C=O) groups is 1. The molecule has 0 saturated carbocycles. The van der Waals surface area contributed by atoms with Gasteiger partial charge in [-0.15, -0.1) is 0 Å². The summed E-state index contributed by atoms with van der Waals surface area (Å²) in [7, 11) is 0. The zero-order valence-corrected chi connectivity index (χ0v) is 28.5. The molecule has 8 heteroatoms. The minimum absolute atomic E-state index is 0.0196. The largest absolute Gasteiger partial charge is 0.455 e. The Labute approximate surface area is 273 Å². The van der Waals surface area contributed by atoms with Crippen molar-refractivity contribution in [2.45, 2.75) is 216 Å². The zero-order chi connectivity index (χ0) is 32.4. The van der Waals surface area contributed by atoms with E-state index < -0.39 is 18.3 Å². The van der Waals surface area contributed by atoms with E-state index in [1.807, 2.05) is 13.0 Å². The summed E-state index contributed by atoms with van der Waals surface area (Å²) in [6, 6.07) is 0. The van der Waals surface area contributed by atoms with Gasteiger partial charge < -0.3 is 34.6 Å². The molecule has 45 heavy (non-hydrogen) atoms. The van der Waals surface area contributed by atoms with Gasteiger partial charge in [0.05, 0.1) is 48.8 Å². The van der Waals surface area contributed by atoms with Crippen LogP contribution in [0.5, 0.6) is 0 Å². The van der Waals surface area contributed by atoms with Crippen molar-refractivity contribution in [3.05, 3.63) is 11.6 Å². The SMILES string of the molecule is CCCCC(O)CCCCC[C@H](O)[C@@H]1CC[C@@H]([C@@H]2CC[C@@H]([C@H](O)CCCCCCCCCC[C@H](O)CC3=C[C@@H](C)OC3=O)O2)O1. The fourth-order valence-electron chi connectivity index (χ4n) is 7.29. The number of hydrogen-bond donors (Lipinski definition) is 4. The summed E-state index contributed by atoms with van der Waals surface area (Å²) in [4.78, 5) is 11.7. The molecule has 0 aromatic carbocycles. The molecule has 2 fully saturated rings. The Balaban J connectivity index is 1.14. The van der Waals surface area contributed by atoms with Gasteiger partial charge >= 0.3 is 5.97 Å². The van der Waals surface area contributed by atoms with Crippen LogP contribution in [0, 0.1) is 0 Å². The second-order valence-corrected chi connectivity index (χ2v) is 14.2. The highest BCUT2D eigenvalue weighted by molar-refractivity contribution is 5.90. The number of rotatable bonds is 25. The number of cyclic esters (lactones) is 1. The van der Waals surface area contributed by atoms with Crippen molar-refractivity contribution in [2.75, 3.05) is 0 Å². The van der Waals surface area contributed by atoms with Crippen LogP contribution in [0.25, 0.3) is 0 Å². The zero-order valence-electron chi connectivity index (χ0n) is 28.5. The van der Waals surface area contributed by atoms with E-state index in [0.29, 0.717) is 12.0 Å². The summed E-state index contributed by atoms with van der Waals surface area (Å²) in [6.07, 6.45) is 22.1. The molecule has 3 rings (SSSR count). The van der Waals surface area contributed by atoms with Gasteiger partial charge in [0.25, 0.3) is 0 Å². The third kappa shape index (κ3) is 14.7. The molecule has 3 aliphatic heterocycles. The highest BCUT2D eigenvalue weighted by Gasteiger charge is 2.40. The average molecular weight is 639 g/mol. The summed E-state index contributed by atoms with van der Waals surface area (Å²) in [5.41, 5.74) is 0.611. The number of carbonyl (C=O) groups excluding carboxylic acids is 1. The molecule has 8 nitrogen and oxygen atoms in total. The van der Waals surface area contributed by atoms with Gasteiger partial charge in [0.1, 0.15) is 6.10 Å². The van der Waals surface area contributed by atoms with Crippen molar-refractivity contribution in [2.24, 2.45) is 0 Å². The smallest absolute Gasteiger partial charge is 0.334 e. The number of hydrogen-bond acceptors (Lipinski definition) is 8. The first-order chi connectivity index (χ1) is 21.8. The molecule has 0 bridgehead atoms. The predicted octanol–water partition coefficient (Wildman–Crippen LogP) is 6.83. The fourth-order valence-corrected chi connectivity index (χ4v) is 7.29. The van der Waals surface area contributed by atoms with E-state index in [1.165, 1.54) is 25.7 Å². The molecule has 262 valence electrons. The van der Waals surface area contributed by atoms with Gasteiger partial charge in [-0.3, -0.25) is 0 Å². The molecule has 0 aliphatic carbocycles. The molecule has 3 heterocycles. The van der Waals surface area contributed by atoms with E-state index in [2.05, 4.69) is 6.92 Å². The van der Waals surface area contributed by atoms with Crippen LogP contribution in [0.3, 0.4) is 0 Å². The Bertz CT molecular complexity index is 833. The van der Waals surface area contributed by atoms with Gasteiger partial charge in [0, 0.05) is 12.0 Å². The summed E-state index contributed by atoms with van der Waals surface area (Å²) < 4.78 is 17.6. The minimum atomic E-state index is -0.470. The van der Waals surface area contributed by atoms with Crippen LogP contribution in [-0.4, -0.2) is 81.3 Å². The first-order valence-corrected chi connectivity index (χ1v) is 18.7. The minimum Gasteiger partial charge on any atom is -0.455 e. The number of aliphatic hydroxyl groups is 4. The molecule has 0 radical (unpaired) electrons. The van der Waals surface area contributed by atoms with Crippen LogP contribution >= 0.6 is 0 Å². The van der Waals surface area contributed by atoms with E-state index in [0.717, 1.165) is 116 Å². The van der Waals surface area contributed by atoms with Crippen molar-refractivity contribution in [3.8, 4) is 0 Å². The molecule has 3 aliphatic rings. The van der Waals surface area contributed by atoms with Crippen molar-refractivity contribution in [1.82, 2.24) is 0 Å². The summed E-state index contributed by atoms with van der Waals surface area (Å²) in [6.45, 7) is 3.98. The molecule has 0 amide bonds. The number of esters is 1. The number of aliphatic hydroxyl groups excluding tert-OH is 4. The Morgan fingerprint density at radius 3 is 1.58 bits per heavy atom. The maximum absolute atomic E-state index is 11.7. The van der Waals surface area contributed by atoms with E-state index in [4.69, 9.17) is 14.2 Å². The van der Waals surface area contributed by atoms with Gasteiger partial charge in [0.15, 0.2) is 0 Å². The molecule has 0 aromatic heterocycles. The lowest BCUT2D eigenvalue weighted by Gasteiger charge is -2.24. The van der Waals surface area contributed by atoms with E-state index in [9.17, 15) is 25.2 Å². The summed E-state index contributed by atoms with van der Waals surface area (Å²) in [5, 5.41) is 41.6. The van der Waals surface area contributed by atoms with Gasteiger partial charge in [-0.25, -0.2) is 4.79 Å². The lowest BCUT2D eigenvalue weighted by Crippen LogP contribution is -2.33. The second-order valence-electron chi connectivity index (χ2n) is 14.2. The number of unbranched alkanes of at least 4 members (excludes halogenated alkanes) is 10. The standard InChI is InChI=1S/C37H66O8/c1-3-4-16-29(38)17-13-11-15-20-32(41)34-22-24-36(45-34)35-23-21-33(44-35)31(40)19-14-10-8-6-5-7-9-12-18-30(39)26-28-25-27(2)43-37(28)42/h25,27,29-36,38-41H,3-24,26H2,1-2H3/t27-,29?,30+,31-,32+,33+,34+,35+,36+/m1/s1. The molecule has 9 atom stereocenters. The predicted molar refractivity (Wildman–Crippen MR) is 177 cm³/mol. The highest BCUT2D eigenvalue weighted by atomic mass is 16.6. The van der Waals surface area contributed by atoms with Crippen LogP contribution < -0.4 is 0 Å². The monoisotopic (exact) mass is 638 g/mol. The number of ether oxygens (including phenoxy) is 3. The summed E-state index contributed by atoms with van der Waals surface area (Å²) in [5.74, 6) is -0.286. The van der Waals surface area contributed by atoms with Crippen LogP contribution in [0.15, 0.2) is 11.6 Å². The third-order valence-corrected chi connectivity index (χ3v) is 10.1. The third-order valence-electron chi connectivity index (χ3n) is 10.1. The molecule has 2 saturated heterocycles.